The van der Waals surface area contributed by atoms with Crippen molar-refractivity contribution in [3.05, 3.63) is 77.2 Å². The summed E-state index contributed by atoms with van der Waals surface area (Å²) in [6.45, 7) is 1.85. The number of aromatic nitrogens is 5. The van der Waals surface area contributed by atoms with Crippen molar-refractivity contribution in [2.45, 2.75) is 25.8 Å². The molecule has 0 bridgehead atoms. The Kier molecular flexibility index (Phi) is 5.59. The van der Waals surface area contributed by atoms with Crippen LogP contribution in [-0.2, 0) is 0 Å². The Balaban J connectivity index is 1.34. The van der Waals surface area contributed by atoms with Gasteiger partial charge in [-0.25, -0.2) is 14.1 Å². The van der Waals surface area contributed by atoms with Crippen LogP contribution in [0.3, 0.4) is 0 Å². The molecule has 8 nitrogen and oxygen atoms in total. The van der Waals surface area contributed by atoms with Crippen LogP contribution < -0.4 is 5.32 Å². The topological polar surface area (TPSA) is 101 Å². The van der Waals surface area contributed by atoms with Gasteiger partial charge in [-0.2, -0.15) is 15.5 Å². The fraction of sp³-hybridized carbons (Fsp3) is 0.208. The van der Waals surface area contributed by atoms with E-state index >= 15 is 0 Å². The normalized spacial score (nSPS) is 17.1. The highest BCUT2D eigenvalue weighted by atomic mass is 35.5. The minimum atomic E-state index is -0.407. The predicted molar refractivity (Wildman–Crippen MR) is 124 cm³/mol. The molecule has 5 rings (SSSR count). The molecule has 1 fully saturated rings. The number of hydrogen-bond donors (Lipinski definition) is 1. The number of pyridine rings is 1. The Morgan fingerprint density at radius 3 is 2.65 bits per heavy atom. The number of carbonyl (C=O) groups is 1. The molecule has 10 heteroatoms. The van der Waals surface area contributed by atoms with Gasteiger partial charge in [-0.3, -0.25) is 9.48 Å². The smallest absolute Gasteiger partial charge is 0.276 e. The first-order valence-electron chi connectivity index (χ1n) is 10.6. The maximum atomic E-state index is 13.2. The Labute approximate surface area is 199 Å². The van der Waals surface area contributed by atoms with E-state index in [1.54, 1.807) is 33.9 Å². The molecular formula is C24H19ClFN7O. The van der Waals surface area contributed by atoms with E-state index in [1.165, 1.54) is 18.3 Å². The second-order valence-electron chi connectivity index (χ2n) is 8.23. The molecule has 1 saturated carbocycles. The van der Waals surface area contributed by atoms with Gasteiger partial charge in [0.1, 0.15) is 17.3 Å². The van der Waals surface area contributed by atoms with Crippen LogP contribution in [0.2, 0.25) is 5.02 Å². The third-order valence-electron chi connectivity index (χ3n) is 5.92. The van der Waals surface area contributed by atoms with E-state index < -0.39 is 5.91 Å². The van der Waals surface area contributed by atoms with Gasteiger partial charge in [0, 0.05) is 23.5 Å². The maximum absolute atomic E-state index is 13.2. The van der Waals surface area contributed by atoms with Crippen LogP contribution in [0, 0.1) is 30.0 Å². The average Bonchev–Trinajstić information content (AvgIpc) is 3.42. The first-order valence-corrected chi connectivity index (χ1v) is 11.0. The van der Waals surface area contributed by atoms with Crippen molar-refractivity contribution >= 4 is 23.3 Å². The van der Waals surface area contributed by atoms with E-state index in [1.807, 2.05) is 19.2 Å². The lowest BCUT2D eigenvalue weighted by atomic mass is 9.81. The van der Waals surface area contributed by atoms with Crippen molar-refractivity contribution in [3.63, 3.8) is 0 Å². The zero-order valence-corrected chi connectivity index (χ0v) is 18.9. The number of rotatable bonds is 5. The maximum Gasteiger partial charge on any atom is 0.276 e. The third-order valence-corrected chi connectivity index (χ3v) is 6.20. The Bertz CT molecular complexity index is 1410. The van der Waals surface area contributed by atoms with Crippen LogP contribution in [0.15, 0.2) is 55.1 Å². The van der Waals surface area contributed by atoms with E-state index in [2.05, 4.69) is 26.6 Å². The van der Waals surface area contributed by atoms with Gasteiger partial charge in [-0.1, -0.05) is 11.6 Å². The molecule has 1 amide bonds. The Morgan fingerprint density at radius 1 is 1.18 bits per heavy atom. The van der Waals surface area contributed by atoms with Crippen molar-refractivity contribution in [3.8, 4) is 22.9 Å². The zero-order chi connectivity index (χ0) is 23.8. The predicted octanol–water partition coefficient (Wildman–Crippen LogP) is 4.96. The fourth-order valence-corrected chi connectivity index (χ4v) is 4.18. The SMILES string of the molecule is Cc1cc(-c2cnn(-c3ccc(F)cc3)c2)cnc1NC(=O)c1c(Cl)cnn1C1CC(C#N)C1. The second kappa shape index (κ2) is 8.72. The summed E-state index contributed by atoms with van der Waals surface area (Å²) in [6.07, 6.45) is 7.91. The molecule has 0 unspecified atom stereocenters. The van der Waals surface area contributed by atoms with Gasteiger partial charge in [0.15, 0.2) is 0 Å². The molecule has 170 valence electrons. The molecule has 0 saturated heterocycles. The molecule has 34 heavy (non-hydrogen) atoms. The molecule has 1 aromatic carbocycles. The van der Waals surface area contributed by atoms with E-state index in [0.717, 1.165) is 22.4 Å². The summed E-state index contributed by atoms with van der Waals surface area (Å²) in [4.78, 5) is 17.4. The summed E-state index contributed by atoms with van der Waals surface area (Å²) in [6, 6.07) is 10.2. The molecule has 1 aliphatic carbocycles. The highest BCUT2D eigenvalue weighted by Crippen LogP contribution is 2.38. The lowest BCUT2D eigenvalue weighted by Crippen LogP contribution is -2.30. The van der Waals surface area contributed by atoms with Crippen molar-refractivity contribution in [2.75, 3.05) is 5.32 Å². The van der Waals surface area contributed by atoms with Crippen LogP contribution >= 0.6 is 11.6 Å². The summed E-state index contributed by atoms with van der Waals surface area (Å²) in [7, 11) is 0. The molecule has 4 aromatic rings. The number of nitrogens with zero attached hydrogens (tertiary/aromatic N) is 6. The summed E-state index contributed by atoms with van der Waals surface area (Å²) in [5.74, 6) is -0.327. The van der Waals surface area contributed by atoms with Crippen LogP contribution in [0.5, 0.6) is 0 Å². The second-order valence-corrected chi connectivity index (χ2v) is 8.64. The molecule has 0 spiro atoms. The van der Waals surface area contributed by atoms with Crippen LogP contribution in [0.4, 0.5) is 10.2 Å². The Hall–Kier alpha value is -4.03. The fourth-order valence-electron chi connectivity index (χ4n) is 3.96. The largest absolute Gasteiger partial charge is 0.305 e. The minimum Gasteiger partial charge on any atom is -0.305 e. The van der Waals surface area contributed by atoms with E-state index in [9.17, 15) is 9.18 Å². The molecule has 3 aromatic heterocycles. The molecule has 1 N–H and O–H groups in total. The number of aryl methyl sites for hydroxylation is 1. The summed E-state index contributed by atoms with van der Waals surface area (Å²) < 4.78 is 16.4. The first kappa shape index (κ1) is 21.8. The standard InChI is InChI=1S/C24H19ClFN7O/c1-14-6-16(17-11-29-32(13-17)19-4-2-18(26)3-5-19)10-28-23(14)31-24(34)22-21(25)12-30-33(22)20-7-15(8-20)9-27/h2-6,10-13,15,20H,7-8H2,1H3,(H,28,31,34). The van der Waals surface area contributed by atoms with Crippen molar-refractivity contribution in [1.82, 2.24) is 24.5 Å². The van der Waals surface area contributed by atoms with Crippen molar-refractivity contribution in [1.29, 1.82) is 5.26 Å². The van der Waals surface area contributed by atoms with Gasteiger partial charge in [-0.15, -0.1) is 0 Å². The number of hydrogen-bond acceptors (Lipinski definition) is 5. The van der Waals surface area contributed by atoms with Crippen molar-refractivity contribution < 1.29 is 9.18 Å². The van der Waals surface area contributed by atoms with Gasteiger partial charge in [0.05, 0.1) is 41.1 Å². The number of anilines is 1. The highest BCUT2D eigenvalue weighted by Gasteiger charge is 2.34. The quantitative estimate of drug-likeness (QED) is 0.439. The van der Waals surface area contributed by atoms with E-state index in [4.69, 9.17) is 16.9 Å². The minimum absolute atomic E-state index is 0.0206. The average molecular weight is 476 g/mol. The Morgan fingerprint density at radius 2 is 1.94 bits per heavy atom. The van der Waals surface area contributed by atoms with E-state index in [0.29, 0.717) is 18.7 Å². The van der Waals surface area contributed by atoms with Gasteiger partial charge < -0.3 is 5.32 Å². The van der Waals surface area contributed by atoms with Gasteiger partial charge in [0.25, 0.3) is 5.91 Å². The molecule has 0 radical (unpaired) electrons. The third kappa shape index (κ3) is 4.04. The van der Waals surface area contributed by atoms with Crippen LogP contribution in [0.1, 0.15) is 34.9 Å². The summed E-state index contributed by atoms with van der Waals surface area (Å²) in [5.41, 5.74) is 3.41. The molecule has 1 aliphatic rings. The lowest BCUT2D eigenvalue weighted by molar-refractivity contribution is 0.100. The van der Waals surface area contributed by atoms with Crippen LogP contribution in [0.25, 0.3) is 16.8 Å². The zero-order valence-electron chi connectivity index (χ0n) is 18.1. The summed E-state index contributed by atoms with van der Waals surface area (Å²) in [5, 5.41) is 20.7. The van der Waals surface area contributed by atoms with Gasteiger partial charge in [-0.05, 0) is 55.7 Å². The number of amides is 1. The van der Waals surface area contributed by atoms with Gasteiger partial charge in [0.2, 0.25) is 0 Å². The number of carbonyl (C=O) groups excluding carboxylic acids is 1. The number of halogens is 2. The lowest BCUT2D eigenvalue weighted by Gasteiger charge is -2.31. The van der Waals surface area contributed by atoms with E-state index in [-0.39, 0.29) is 28.5 Å². The first-order chi connectivity index (χ1) is 16.4. The molecule has 0 atom stereocenters. The molecule has 0 aliphatic heterocycles. The number of nitrogens with one attached hydrogen (secondary N) is 1. The number of benzene rings is 1. The summed E-state index contributed by atoms with van der Waals surface area (Å²) >= 11 is 6.25. The van der Waals surface area contributed by atoms with Crippen molar-refractivity contribution in [2.24, 2.45) is 5.92 Å². The van der Waals surface area contributed by atoms with Gasteiger partial charge >= 0.3 is 0 Å². The molecule has 3 heterocycles. The molecular weight excluding hydrogens is 457 g/mol. The number of nitriles is 1. The monoisotopic (exact) mass is 475 g/mol. The highest BCUT2D eigenvalue weighted by molar-refractivity contribution is 6.34. The van der Waals surface area contributed by atoms with Crippen LogP contribution in [-0.4, -0.2) is 30.5 Å².